The summed E-state index contributed by atoms with van der Waals surface area (Å²) in [6, 6.07) is 0. The Morgan fingerprint density at radius 2 is 0.607 bits per heavy atom. The van der Waals surface area contributed by atoms with Crippen molar-refractivity contribution in [2.75, 3.05) is 39.6 Å². The number of unbranched alkanes of at least 4 members (excludes halogenated alkanes) is 29. The van der Waals surface area contributed by atoms with Gasteiger partial charge < -0.3 is 33.8 Å². The molecule has 19 heteroatoms. The second kappa shape index (κ2) is 56.3. The van der Waals surface area contributed by atoms with E-state index in [1.54, 1.807) is 0 Å². The first-order chi connectivity index (χ1) is 40.3. The van der Waals surface area contributed by atoms with Gasteiger partial charge in [-0.15, -0.1) is 0 Å². The third-order valence-electron chi connectivity index (χ3n) is 15.6. The highest BCUT2D eigenvalue weighted by Crippen LogP contribution is 2.45. The lowest BCUT2D eigenvalue weighted by Crippen LogP contribution is -2.30. The molecule has 0 amide bonds. The minimum atomic E-state index is -4.95. The lowest BCUT2D eigenvalue weighted by molar-refractivity contribution is -0.161. The fraction of sp³-hybridized carbons (Fsp3) is 0.938. The average Bonchev–Trinajstić information content (AvgIpc) is 3.66. The lowest BCUT2D eigenvalue weighted by atomic mass is 9.99. The van der Waals surface area contributed by atoms with Gasteiger partial charge in [0.2, 0.25) is 0 Å². The molecule has 0 saturated heterocycles. The Labute approximate surface area is 511 Å². The maximum atomic E-state index is 13.0. The van der Waals surface area contributed by atoms with Crippen molar-refractivity contribution in [2.24, 2.45) is 17.8 Å². The van der Waals surface area contributed by atoms with Crippen LogP contribution in [0.25, 0.3) is 0 Å². The Morgan fingerprint density at radius 1 is 0.345 bits per heavy atom. The molecule has 0 aromatic rings. The lowest BCUT2D eigenvalue weighted by Gasteiger charge is -2.21. The number of rotatable bonds is 63. The molecule has 0 aromatic heterocycles. The largest absolute Gasteiger partial charge is 0.472 e. The second-order valence-electron chi connectivity index (χ2n) is 24.5. The molecule has 0 bridgehead atoms. The second-order valence-corrected chi connectivity index (χ2v) is 27.4. The van der Waals surface area contributed by atoms with Crippen LogP contribution in [0, 0.1) is 17.8 Å². The molecular formula is C65H126O17P2. The number of hydrogen-bond acceptors (Lipinski definition) is 15. The van der Waals surface area contributed by atoms with E-state index >= 15 is 0 Å². The van der Waals surface area contributed by atoms with Crippen molar-refractivity contribution in [1.82, 2.24) is 0 Å². The summed E-state index contributed by atoms with van der Waals surface area (Å²) in [5.74, 6) is 0.125. The van der Waals surface area contributed by atoms with Crippen molar-refractivity contribution in [3.8, 4) is 0 Å². The molecule has 0 spiro atoms. The van der Waals surface area contributed by atoms with E-state index in [1.165, 1.54) is 122 Å². The van der Waals surface area contributed by atoms with E-state index in [4.69, 9.17) is 37.0 Å². The topological polar surface area (TPSA) is 237 Å². The van der Waals surface area contributed by atoms with Crippen LogP contribution in [0.15, 0.2) is 0 Å². The summed E-state index contributed by atoms with van der Waals surface area (Å²) in [5.41, 5.74) is 0. The van der Waals surface area contributed by atoms with Crippen LogP contribution in [-0.2, 0) is 65.4 Å². The van der Waals surface area contributed by atoms with Gasteiger partial charge in [0, 0.05) is 25.7 Å². The highest BCUT2D eigenvalue weighted by Gasteiger charge is 2.30. The van der Waals surface area contributed by atoms with Crippen molar-refractivity contribution < 1.29 is 80.2 Å². The molecular weight excluding hydrogens is 1110 g/mol. The molecule has 17 nitrogen and oxygen atoms in total. The van der Waals surface area contributed by atoms with Gasteiger partial charge in [-0.3, -0.25) is 37.3 Å². The molecule has 4 unspecified atom stereocenters. The van der Waals surface area contributed by atoms with Crippen LogP contribution in [-0.4, -0.2) is 96.7 Å². The number of phosphoric ester groups is 2. The molecule has 0 rings (SSSR count). The van der Waals surface area contributed by atoms with Gasteiger partial charge in [0.05, 0.1) is 26.4 Å². The van der Waals surface area contributed by atoms with Gasteiger partial charge in [-0.05, 0) is 43.4 Å². The van der Waals surface area contributed by atoms with E-state index in [2.05, 4.69) is 48.5 Å². The Kier molecular flexibility index (Phi) is 55.0. The maximum Gasteiger partial charge on any atom is 0.472 e. The summed E-state index contributed by atoms with van der Waals surface area (Å²) in [4.78, 5) is 72.2. The van der Waals surface area contributed by atoms with E-state index in [0.29, 0.717) is 25.7 Å². The molecule has 0 aliphatic heterocycles. The molecule has 498 valence electrons. The molecule has 0 fully saturated rings. The number of aliphatic hydroxyl groups is 1. The predicted molar refractivity (Wildman–Crippen MR) is 335 cm³/mol. The van der Waals surface area contributed by atoms with E-state index in [1.807, 2.05) is 0 Å². The number of carbonyl (C=O) groups is 4. The molecule has 0 aliphatic carbocycles. The number of ether oxygens (including phenoxy) is 4. The zero-order valence-electron chi connectivity index (χ0n) is 54.4. The smallest absolute Gasteiger partial charge is 0.462 e. The minimum Gasteiger partial charge on any atom is -0.462 e. The monoisotopic (exact) mass is 1240 g/mol. The first-order valence-electron chi connectivity index (χ1n) is 33.9. The van der Waals surface area contributed by atoms with E-state index in [-0.39, 0.29) is 25.7 Å². The number of carbonyl (C=O) groups excluding carboxylic acids is 4. The van der Waals surface area contributed by atoms with Gasteiger partial charge in [0.15, 0.2) is 12.2 Å². The quantitative estimate of drug-likeness (QED) is 0.0222. The number of phosphoric acid groups is 2. The highest BCUT2D eigenvalue weighted by molar-refractivity contribution is 7.47. The van der Waals surface area contributed by atoms with Crippen LogP contribution in [0.4, 0.5) is 0 Å². The van der Waals surface area contributed by atoms with Gasteiger partial charge >= 0.3 is 39.5 Å². The van der Waals surface area contributed by atoms with Gasteiger partial charge in [-0.25, -0.2) is 9.13 Å². The van der Waals surface area contributed by atoms with Gasteiger partial charge in [0.1, 0.15) is 19.3 Å². The van der Waals surface area contributed by atoms with Gasteiger partial charge in [0.25, 0.3) is 0 Å². The van der Waals surface area contributed by atoms with Crippen LogP contribution in [0.3, 0.4) is 0 Å². The van der Waals surface area contributed by atoms with Crippen LogP contribution in [0.1, 0.15) is 318 Å². The van der Waals surface area contributed by atoms with Gasteiger partial charge in [-0.1, -0.05) is 267 Å². The number of aliphatic hydroxyl groups excluding tert-OH is 1. The van der Waals surface area contributed by atoms with E-state index < -0.39 is 97.5 Å². The molecule has 0 radical (unpaired) electrons. The zero-order valence-corrected chi connectivity index (χ0v) is 56.1. The fourth-order valence-corrected chi connectivity index (χ4v) is 11.2. The van der Waals surface area contributed by atoms with E-state index in [0.717, 1.165) is 114 Å². The molecule has 0 aliphatic rings. The van der Waals surface area contributed by atoms with Crippen molar-refractivity contribution in [3.63, 3.8) is 0 Å². The standard InChI is InChI=1S/C65H126O17P2/c1-8-11-12-13-14-24-32-39-46-62(67)75-53-61(82-65(70)49-42-35-28-27-31-38-45-58(7)10-3)55-80-84(73,74)78-51-59(66)50-77-83(71,72)79-54-60(52-76-63(68)47-40-33-25-21-20-23-30-37-44-57(6)9-2)81-64(69)48-41-34-26-19-17-15-16-18-22-29-36-43-56(4)5/h56-61,66H,8-55H2,1-7H3,(H,71,72)(H,73,74)/t57?,58?,59-,60-,61-/m1/s1. The summed E-state index contributed by atoms with van der Waals surface area (Å²) < 4.78 is 68.0. The van der Waals surface area contributed by atoms with Crippen LogP contribution in [0.2, 0.25) is 0 Å². The summed E-state index contributed by atoms with van der Waals surface area (Å²) in [5, 5.41) is 10.5. The van der Waals surface area contributed by atoms with E-state index in [9.17, 15) is 43.2 Å². The summed E-state index contributed by atoms with van der Waals surface area (Å²) >= 11 is 0. The molecule has 0 heterocycles. The van der Waals surface area contributed by atoms with Crippen molar-refractivity contribution >= 4 is 39.5 Å². The van der Waals surface area contributed by atoms with Crippen LogP contribution < -0.4 is 0 Å². The first kappa shape index (κ1) is 82.1. The van der Waals surface area contributed by atoms with Crippen LogP contribution in [0.5, 0.6) is 0 Å². The van der Waals surface area contributed by atoms with Crippen molar-refractivity contribution in [2.45, 2.75) is 336 Å². The van der Waals surface area contributed by atoms with Crippen molar-refractivity contribution in [3.05, 3.63) is 0 Å². The Bertz CT molecular complexity index is 1670. The average molecular weight is 1240 g/mol. The third kappa shape index (κ3) is 56.6. The Morgan fingerprint density at radius 3 is 0.905 bits per heavy atom. The van der Waals surface area contributed by atoms with Crippen LogP contribution >= 0.6 is 15.6 Å². The number of hydrogen-bond donors (Lipinski definition) is 3. The summed E-state index contributed by atoms with van der Waals surface area (Å²) in [7, 11) is -9.89. The zero-order chi connectivity index (χ0) is 62.4. The molecule has 84 heavy (non-hydrogen) atoms. The first-order valence-corrected chi connectivity index (χ1v) is 36.9. The summed E-state index contributed by atoms with van der Waals surface area (Å²) in [6.07, 6.45) is 37.6. The normalized spacial score (nSPS) is 15.0. The molecule has 0 saturated carbocycles. The number of esters is 4. The molecule has 0 aromatic carbocycles. The third-order valence-corrected chi connectivity index (χ3v) is 17.5. The Balaban J connectivity index is 5.25. The highest BCUT2D eigenvalue weighted by atomic mass is 31.2. The fourth-order valence-electron chi connectivity index (χ4n) is 9.59. The minimum absolute atomic E-state index is 0.102. The Hall–Kier alpha value is -1.94. The maximum absolute atomic E-state index is 13.0. The van der Waals surface area contributed by atoms with Gasteiger partial charge in [-0.2, -0.15) is 0 Å². The molecule has 3 N–H and O–H groups in total. The summed E-state index contributed by atoms with van der Waals surface area (Å²) in [6.45, 7) is 11.7. The molecule has 7 atom stereocenters. The predicted octanol–water partition coefficient (Wildman–Crippen LogP) is 17.9. The SMILES string of the molecule is CCCCCCCCCCC(=O)OC[C@H](COP(=O)(O)OC[C@H](O)COP(=O)(O)OC[C@@H](COC(=O)CCCCCCCCCCC(C)CC)OC(=O)CCCCCCCCCCCCCC(C)C)OC(=O)CCCCCCCCC(C)CC. The van der Waals surface area contributed by atoms with Crippen molar-refractivity contribution in [1.29, 1.82) is 0 Å².